The van der Waals surface area contributed by atoms with Gasteiger partial charge in [0.15, 0.2) is 0 Å². The molecule has 0 aromatic heterocycles. The van der Waals surface area contributed by atoms with Gasteiger partial charge in [-0.1, -0.05) is 0 Å². The molecule has 1 saturated carbocycles. The minimum atomic E-state index is -0.435. The minimum absolute atomic E-state index is 0.435. The van der Waals surface area contributed by atoms with E-state index in [-0.39, 0.29) is 0 Å². The van der Waals surface area contributed by atoms with Gasteiger partial charge in [-0.2, -0.15) is 0 Å². The van der Waals surface area contributed by atoms with Crippen LogP contribution in [-0.4, -0.2) is 24.0 Å². The Kier molecular flexibility index (Phi) is 3.44. The highest BCUT2D eigenvalue weighted by atomic mass is 35.5. The lowest BCUT2D eigenvalue weighted by Gasteiger charge is -2.02. The Morgan fingerprint density at radius 3 is 2.64 bits per heavy atom. The Balaban J connectivity index is 1.90. The molecule has 1 aliphatic carbocycles. The van der Waals surface area contributed by atoms with Crippen LogP contribution in [0.15, 0.2) is 0 Å². The van der Waals surface area contributed by atoms with Crippen LogP contribution in [0, 0.1) is 5.92 Å². The lowest BCUT2D eigenvalue weighted by molar-refractivity contribution is 0.614. The third-order valence-corrected chi connectivity index (χ3v) is 2.83. The van der Waals surface area contributed by atoms with Gasteiger partial charge in [-0.05, 0) is 25.9 Å². The average Bonchev–Trinajstić information content (AvgIpc) is 2.52. The summed E-state index contributed by atoms with van der Waals surface area (Å²) in [6, 6.07) is 0. The summed E-state index contributed by atoms with van der Waals surface area (Å²) in [5.41, 5.74) is 5.32. The highest BCUT2D eigenvalue weighted by Crippen LogP contribution is 2.52. The molecular formula is C7H14Cl2N2. The van der Waals surface area contributed by atoms with Crippen molar-refractivity contribution < 1.29 is 0 Å². The summed E-state index contributed by atoms with van der Waals surface area (Å²) >= 11 is 11.6. The zero-order valence-electron chi connectivity index (χ0n) is 6.45. The van der Waals surface area contributed by atoms with E-state index in [9.17, 15) is 0 Å². The summed E-state index contributed by atoms with van der Waals surface area (Å²) in [5.74, 6) is 0.448. The number of halogens is 2. The first-order valence-corrected chi connectivity index (χ1v) is 4.71. The van der Waals surface area contributed by atoms with E-state index in [1.807, 2.05) is 0 Å². The van der Waals surface area contributed by atoms with E-state index >= 15 is 0 Å². The smallest absolute Gasteiger partial charge is 0.122 e. The van der Waals surface area contributed by atoms with Gasteiger partial charge in [-0.15, -0.1) is 23.2 Å². The molecule has 1 atom stereocenters. The van der Waals surface area contributed by atoms with Gasteiger partial charge >= 0.3 is 0 Å². The van der Waals surface area contributed by atoms with Crippen molar-refractivity contribution in [3.8, 4) is 0 Å². The topological polar surface area (TPSA) is 38.0 Å². The molecule has 0 aromatic carbocycles. The van der Waals surface area contributed by atoms with E-state index < -0.39 is 4.33 Å². The van der Waals surface area contributed by atoms with Gasteiger partial charge in [-0.25, -0.2) is 0 Å². The second kappa shape index (κ2) is 3.94. The van der Waals surface area contributed by atoms with E-state index in [0.29, 0.717) is 5.92 Å². The number of hydrogen-bond acceptors (Lipinski definition) is 2. The second-order valence-corrected chi connectivity index (χ2v) is 4.55. The molecule has 0 aliphatic heterocycles. The van der Waals surface area contributed by atoms with Crippen LogP contribution in [0.5, 0.6) is 0 Å². The fraction of sp³-hybridized carbons (Fsp3) is 1.00. The van der Waals surface area contributed by atoms with Gasteiger partial charge in [0, 0.05) is 12.5 Å². The normalized spacial score (nSPS) is 27.0. The molecule has 1 fully saturated rings. The van der Waals surface area contributed by atoms with E-state index in [1.165, 1.54) is 0 Å². The lowest BCUT2D eigenvalue weighted by atomic mass is 10.4. The van der Waals surface area contributed by atoms with Crippen molar-refractivity contribution in [1.82, 2.24) is 5.32 Å². The molecule has 0 radical (unpaired) electrons. The summed E-state index contributed by atoms with van der Waals surface area (Å²) in [4.78, 5) is 0. The quantitative estimate of drug-likeness (QED) is 0.512. The van der Waals surface area contributed by atoms with Gasteiger partial charge in [0.05, 0.1) is 0 Å². The van der Waals surface area contributed by atoms with Gasteiger partial charge in [0.25, 0.3) is 0 Å². The molecule has 0 aromatic rings. The predicted octanol–water partition coefficient (Wildman–Crippen LogP) is 1.12. The van der Waals surface area contributed by atoms with Gasteiger partial charge in [-0.3, -0.25) is 0 Å². The molecule has 66 valence electrons. The fourth-order valence-electron chi connectivity index (χ4n) is 0.994. The molecule has 4 heteroatoms. The van der Waals surface area contributed by atoms with Gasteiger partial charge < -0.3 is 11.1 Å². The van der Waals surface area contributed by atoms with Crippen molar-refractivity contribution in [2.45, 2.75) is 17.2 Å². The Hall–Kier alpha value is 0.500. The predicted molar refractivity (Wildman–Crippen MR) is 49.1 cm³/mol. The molecule has 2 nitrogen and oxygen atoms in total. The van der Waals surface area contributed by atoms with Crippen LogP contribution in [0.2, 0.25) is 0 Å². The van der Waals surface area contributed by atoms with Crippen LogP contribution < -0.4 is 11.1 Å². The zero-order valence-corrected chi connectivity index (χ0v) is 7.96. The molecule has 1 rings (SSSR count). The highest BCUT2D eigenvalue weighted by Gasteiger charge is 2.50. The summed E-state index contributed by atoms with van der Waals surface area (Å²) in [6.07, 6.45) is 1.94. The lowest BCUT2D eigenvalue weighted by Crippen LogP contribution is -2.21. The van der Waals surface area contributed by atoms with Crippen molar-refractivity contribution in [3.63, 3.8) is 0 Å². The van der Waals surface area contributed by atoms with Crippen LogP contribution in [-0.2, 0) is 0 Å². The third-order valence-electron chi connectivity index (χ3n) is 1.90. The molecule has 1 unspecified atom stereocenters. The molecular weight excluding hydrogens is 183 g/mol. The molecule has 0 saturated heterocycles. The fourth-order valence-corrected chi connectivity index (χ4v) is 1.52. The average molecular weight is 197 g/mol. The maximum atomic E-state index is 5.82. The van der Waals surface area contributed by atoms with Crippen molar-refractivity contribution >= 4 is 23.2 Å². The standard InChI is InChI=1S/C7H14Cl2N2/c8-7(9)4-6(7)5-11-3-1-2-10/h6,11H,1-5,10H2. The van der Waals surface area contributed by atoms with Gasteiger partial charge in [0.1, 0.15) is 4.33 Å². The monoisotopic (exact) mass is 196 g/mol. The molecule has 0 amide bonds. The van der Waals surface area contributed by atoms with Crippen LogP contribution in [0.25, 0.3) is 0 Å². The van der Waals surface area contributed by atoms with Crippen LogP contribution in [0.3, 0.4) is 0 Å². The summed E-state index contributed by atoms with van der Waals surface area (Å²) < 4.78 is -0.435. The number of rotatable bonds is 5. The number of hydrogen-bond donors (Lipinski definition) is 2. The van der Waals surface area contributed by atoms with E-state index in [1.54, 1.807) is 0 Å². The molecule has 0 spiro atoms. The van der Waals surface area contributed by atoms with E-state index in [4.69, 9.17) is 28.9 Å². The van der Waals surface area contributed by atoms with Crippen molar-refractivity contribution in [1.29, 1.82) is 0 Å². The Morgan fingerprint density at radius 1 is 1.55 bits per heavy atom. The highest BCUT2D eigenvalue weighted by molar-refractivity contribution is 6.50. The number of nitrogens with one attached hydrogen (secondary N) is 1. The first kappa shape index (κ1) is 9.59. The van der Waals surface area contributed by atoms with Crippen molar-refractivity contribution in [3.05, 3.63) is 0 Å². The third kappa shape index (κ3) is 3.16. The SMILES string of the molecule is NCCCNCC1CC1(Cl)Cl. The van der Waals surface area contributed by atoms with Crippen LogP contribution in [0.4, 0.5) is 0 Å². The first-order valence-electron chi connectivity index (χ1n) is 3.95. The van der Waals surface area contributed by atoms with Crippen LogP contribution >= 0.6 is 23.2 Å². The minimum Gasteiger partial charge on any atom is -0.330 e. The number of alkyl halides is 2. The summed E-state index contributed by atoms with van der Waals surface area (Å²) in [6.45, 7) is 2.63. The Labute approximate surface area is 77.4 Å². The largest absolute Gasteiger partial charge is 0.330 e. The molecule has 3 N–H and O–H groups in total. The maximum Gasteiger partial charge on any atom is 0.122 e. The number of nitrogens with two attached hydrogens (primary N) is 1. The zero-order chi connectivity index (χ0) is 8.32. The molecule has 0 heterocycles. The molecule has 0 bridgehead atoms. The summed E-state index contributed by atoms with van der Waals surface area (Å²) in [5, 5.41) is 3.25. The first-order chi connectivity index (χ1) is 5.17. The van der Waals surface area contributed by atoms with Crippen molar-refractivity contribution in [2.75, 3.05) is 19.6 Å². The van der Waals surface area contributed by atoms with E-state index in [2.05, 4.69) is 5.32 Å². The summed E-state index contributed by atoms with van der Waals surface area (Å²) in [7, 11) is 0. The van der Waals surface area contributed by atoms with E-state index in [0.717, 1.165) is 32.5 Å². The Morgan fingerprint density at radius 2 is 2.18 bits per heavy atom. The maximum absolute atomic E-state index is 5.82. The van der Waals surface area contributed by atoms with Crippen LogP contribution in [0.1, 0.15) is 12.8 Å². The van der Waals surface area contributed by atoms with Crippen molar-refractivity contribution in [2.24, 2.45) is 11.7 Å². The Bertz CT molecular complexity index is 128. The molecule has 1 aliphatic rings. The van der Waals surface area contributed by atoms with Gasteiger partial charge in [0.2, 0.25) is 0 Å². The second-order valence-electron chi connectivity index (χ2n) is 3.01. The molecule has 11 heavy (non-hydrogen) atoms.